The lowest BCUT2D eigenvalue weighted by Gasteiger charge is -2.26. The Kier molecular flexibility index (Phi) is 5.65. The van der Waals surface area contributed by atoms with E-state index in [4.69, 9.17) is 20.6 Å². The first kappa shape index (κ1) is 17.7. The molecule has 1 aromatic carbocycles. The van der Waals surface area contributed by atoms with E-state index in [1.165, 1.54) is 12.3 Å². The monoisotopic (exact) mass is 355 g/mol. The van der Waals surface area contributed by atoms with E-state index in [0.717, 1.165) is 18.6 Å². The fraction of sp³-hybridized carbons (Fsp3) is 0.278. The number of carbonyl (C=O) groups is 1. The molecule has 1 aliphatic rings. The van der Waals surface area contributed by atoms with Gasteiger partial charge < -0.3 is 20.5 Å². The molecule has 136 valence electrons. The molecule has 0 saturated carbocycles. The van der Waals surface area contributed by atoms with E-state index in [-0.39, 0.29) is 18.0 Å². The van der Waals surface area contributed by atoms with E-state index in [0.29, 0.717) is 30.2 Å². The average molecular weight is 355 g/mol. The lowest BCUT2D eigenvalue weighted by atomic mass is 10.2. The van der Waals surface area contributed by atoms with Crippen LogP contribution in [0, 0.1) is 5.41 Å². The maximum absolute atomic E-state index is 11.9. The number of nitrogens with zero attached hydrogens (tertiary/aromatic N) is 1. The predicted octanol–water partition coefficient (Wildman–Crippen LogP) is 2.12. The zero-order valence-electron chi connectivity index (χ0n) is 14.2. The number of urea groups is 1. The first-order valence-corrected chi connectivity index (χ1v) is 8.29. The van der Waals surface area contributed by atoms with Gasteiger partial charge in [-0.05, 0) is 5.56 Å². The minimum atomic E-state index is -0.387. The summed E-state index contributed by atoms with van der Waals surface area (Å²) in [6.45, 7) is 1.46. The minimum absolute atomic E-state index is 0.0405. The Bertz CT molecular complexity index is 778. The van der Waals surface area contributed by atoms with Gasteiger partial charge >= 0.3 is 6.03 Å². The number of aromatic nitrogens is 1. The molecule has 1 unspecified atom stereocenters. The second-order valence-corrected chi connectivity index (χ2v) is 5.87. The molecule has 0 bridgehead atoms. The topological polar surface area (TPSA) is 122 Å². The van der Waals surface area contributed by atoms with Crippen LogP contribution in [0.4, 0.5) is 16.3 Å². The van der Waals surface area contributed by atoms with E-state index >= 15 is 0 Å². The van der Waals surface area contributed by atoms with Gasteiger partial charge in [0, 0.05) is 37.5 Å². The van der Waals surface area contributed by atoms with Crippen molar-refractivity contribution in [2.24, 2.45) is 0 Å². The third kappa shape index (κ3) is 4.70. The van der Waals surface area contributed by atoms with Crippen molar-refractivity contribution in [3.8, 4) is 0 Å². The van der Waals surface area contributed by atoms with Crippen LogP contribution in [0.15, 0.2) is 42.6 Å². The summed E-state index contributed by atoms with van der Waals surface area (Å²) >= 11 is 0. The SMILES string of the molecule is N=C(OCC1CCO1)c1cnc(NC(=O)NCc2ccccc2)cc1N. The summed E-state index contributed by atoms with van der Waals surface area (Å²) in [4.78, 5) is 16.1. The number of rotatable bonds is 6. The first-order valence-electron chi connectivity index (χ1n) is 8.29. The van der Waals surface area contributed by atoms with Crippen LogP contribution >= 0.6 is 0 Å². The first-order chi connectivity index (χ1) is 12.6. The van der Waals surface area contributed by atoms with E-state index < -0.39 is 0 Å². The van der Waals surface area contributed by atoms with Crippen molar-refractivity contribution >= 4 is 23.4 Å². The van der Waals surface area contributed by atoms with Gasteiger partial charge in [0.1, 0.15) is 12.4 Å². The average Bonchev–Trinajstić information content (AvgIpc) is 2.59. The van der Waals surface area contributed by atoms with Crippen LogP contribution in [-0.4, -0.2) is 36.2 Å². The van der Waals surface area contributed by atoms with Gasteiger partial charge in [0.2, 0.25) is 5.90 Å². The molecule has 1 fully saturated rings. The van der Waals surface area contributed by atoms with Gasteiger partial charge in [-0.3, -0.25) is 10.7 Å². The van der Waals surface area contributed by atoms with Gasteiger partial charge in [-0.2, -0.15) is 0 Å². The highest BCUT2D eigenvalue weighted by Gasteiger charge is 2.20. The summed E-state index contributed by atoms with van der Waals surface area (Å²) in [6.07, 6.45) is 2.38. The normalized spacial score (nSPS) is 15.6. The Morgan fingerprint density at radius 2 is 2.15 bits per heavy atom. The molecule has 8 heteroatoms. The molecule has 1 saturated heterocycles. The number of carbonyl (C=O) groups excluding carboxylic acids is 1. The maximum Gasteiger partial charge on any atom is 0.320 e. The molecule has 3 rings (SSSR count). The van der Waals surface area contributed by atoms with Gasteiger partial charge in [-0.25, -0.2) is 9.78 Å². The lowest BCUT2D eigenvalue weighted by molar-refractivity contribution is -0.0744. The second kappa shape index (κ2) is 8.30. The molecule has 5 N–H and O–H groups in total. The van der Waals surface area contributed by atoms with Crippen LogP contribution in [0.25, 0.3) is 0 Å². The number of ether oxygens (including phenoxy) is 2. The molecule has 2 amide bonds. The smallest absolute Gasteiger partial charge is 0.320 e. The van der Waals surface area contributed by atoms with E-state index in [1.807, 2.05) is 30.3 Å². The summed E-state index contributed by atoms with van der Waals surface area (Å²) < 4.78 is 10.6. The standard InChI is InChI=1S/C18H21N5O3/c19-15-8-16(23-18(24)22-9-12-4-2-1-3-5-12)21-10-14(15)17(20)26-11-13-6-7-25-13/h1-5,8,10,13,20H,6-7,9,11H2,(H4,19,21,22,23,24). The highest BCUT2D eigenvalue weighted by molar-refractivity contribution is 5.97. The summed E-state index contributed by atoms with van der Waals surface area (Å²) in [5, 5.41) is 13.3. The summed E-state index contributed by atoms with van der Waals surface area (Å²) in [5.41, 5.74) is 7.62. The third-order valence-corrected chi connectivity index (χ3v) is 3.93. The number of nitrogen functional groups attached to an aromatic ring is 1. The van der Waals surface area contributed by atoms with Crippen molar-refractivity contribution in [2.75, 3.05) is 24.3 Å². The van der Waals surface area contributed by atoms with Crippen molar-refractivity contribution in [1.82, 2.24) is 10.3 Å². The Morgan fingerprint density at radius 1 is 1.38 bits per heavy atom. The van der Waals surface area contributed by atoms with Crippen LogP contribution in [0.5, 0.6) is 0 Å². The molecule has 0 radical (unpaired) electrons. The van der Waals surface area contributed by atoms with Crippen molar-refractivity contribution in [1.29, 1.82) is 5.41 Å². The van der Waals surface area contributed by atoms with Gasteiger partial charge in [-0.1, -0.05) is 30.3 Å². The molecule has 8 nitrogen and oxygen atoms in total. The van der Waals surface area contributed by atoms with Crippen LogP contribution in [0.1, 0.15) is 17.5 Å². The van der Waals surface area contributed by atoms with Crippen molar-refractivity contribution in [2.45, 2.75) is 19.1 Å². The number of nitrogens with one attached hydrogen (secondary N) is 3. The number of hydrogen-bond acceptors (Lipinski definition) is 6. The molecule has 0 aliphatic carbocycles. The number of pyridine rings is 1. The third-order valence-electron chi connectivity index (χ3n) is 3.93. The quantitative estimate of drug-likeness (QED) is 0.467. The molecule has 0 spiro atoms. The molecule has 1 atom stereocenters. The Balaban J connectivity index is 1.51. The number of hydrogen-bond donors (Lipinski definition) is 4. The maximum atomic E-state index is 11.9. The highest BCUT2D eigenvalue weighted by atomic mass is 16.5. The summed E-state index contributed by atoms with van der Waals surface area (Å²) in [6, 6.07) is 10.7. The number of anilines is 2. The number of amides is 2. The zero-order chi connectivity index (χ0) is 18.4. The van der Waals surface area contributed by atoms with E-state index in [9.17, 15) is 4.79 Å². The zero-order valence-corrected chi connectivity index (χ0v) is 14.2. The van der Waals surface area contributed by atoms with Gasteiger partial charge in [0.25, 0.3) is 0 Å². The molecule has 1 aromatic heterocycles. The van der Waals surface area contributed by atoms with Crippen molar-refractivity contribution < 1.29 is 14.3 Å². The van der Waals surface area contributed by atoms with E-state index in [1.54, 1.807) is 0 Å². The predicted molar refractivity (Wildman–Crippen MR) is 98.1 cm³/mol. The second-order valence-electron chi connectivity index (χ2n) is 5.87. The Hall–Kier alpha value is -3.13. The van der Waals surface area contributed by atoms with Gasteiger partial charge in [-0.15, -0.1) is 0 Å². The fourth-order valence-corrected chi connectivity index (χ4v) is 2.34. The number of benzene rings is 1. The van der Waals surface area contributed by atoms with Crippen LogP contribution in [0.3, 0.4) is 0 Å². The molecule has 2 aromatic rings. The van der Waals surface area contributed by atoms with Gasteiger partial charge in [0.15, 0.2) is 0 Å². The van der Waals surface area contributed by atoms with E-state index in [2.05, 4.69) is 15.6 Å². The van der Waals surface area contributed by atoms with Crippen LogP contribution < -0.4 is 16.4 Å². The Labute approximate surface area is 151 Å². The minimum Gasteiger partial charge on any atom is -0.475 e. The van der Waals surface area contributed by atoms with Gasteiger partial charge in [0.05, 0.1) is 11.7 Å². The van der Waals surface area contributed by atoms with Crippen LogP contribution in [-0.2, 0) is 16.0 Å². The van der Waals surface area contributed by atoms with Crippen molar-refractivity contribution in [3.63, 3.8) is 0 Å². The molecular weight excluding hydrogens is 334 g/mol. The fourth-order valence-electron chi connectivity index (χ4n) is 2.34. The Morgan fingerprint density at radius 3 is 2.81 bits per heavy atom. The molecular formula is C18H21N5O3. The van der Waals surface area contributed by atoms with Crippen molar-refractivity contribution in [3.05, 3.63) is 53.7 Å². The summed E-state index contributed by atoms with van der Waals surface area (Å²) in [7, 11) is 0. The molecule has 1 aliphatic heterocycles. The van der Waals surface area contributed by atoms with Crippen LogP contribution in [0.2, 0.25) is 0 Å². The summed E-state index contributed by atoms with van der Waals surface area (Å²) in [5.74, 6) is 0.234. The lowest BCUT2D eigenvalue weighted by Crippen LogP contribution is -2.32. The molecule has 2 heterocycles. The number of nitrogens with two attached hydrogens (primary N) is 1. The largest absolute Gasteiger partial charge is 0.475 e. The highest BCUT2D eigenvalue weighted by Crippen LogP contribution is 2.17. The molecule has 26 heavy (non-hydrogen) atoms.